The van der Waals surface area contributed by atoms with E-state index >= 15 is 0 Å². The topological polar surface area (TPSA) is 64.3 Å². The number of nitrogens with one attached hydrogen (secondary N) is 1. The quantitative estimate of drug-likeness (QED) is 0.737. The minimum absolute atomic E-state index is 0.0378. The van der Waals surface area contributed by atoms with E-state index in [2.05, 4.69) is 26.1 Å². The fourth-order valence-electron chi connectivity index (χ4n) is 2.13. The van der Waals surface area contributed by atoms with Crippen molar-refractivity contribution in [2.45, 2.75) is 46.1 Å². The summed E-state index contributed by atoms with van der Waals surface area (Å²) in [6.45, 7) is 8.48. The lowest BCUT2D eigenvalue weighted by atomic mass is 9.87. The molecule has 4 heteroatoms. The molecule has 3 N–H and O–H groups in total. The third-order valence-electron chi connectivity index (χ3n) is 3.44. The Morgan fingerprint density at radius 1 is 1.53 bits per heavy atom. The highest BCUT2D eigenvalue weighted by molar-refractivity contribution is 5.81. The van der Waals surface area contributed by atoms with E-state index in [1.54, 1.807) is 0 Å². The van der Waals surface area contributed by atoms with Crippen LogP contribution in [0.4, 0.5) is 0 Å². The van der Waals surface area contributed by atoms with E-state index in [0.717, 1.165) is 19.3 Å². The SMILES string of the molecule is CC1CCOC1C(=O)NCC(C)(C)CCCN. The maximum atomic E-state index is 11.9. The first-order valence-corrected chi connectivity index (χ1v) is 6.56. The molecular formula is C13H26N2O2. The van der Waals surface area contributed by atoms with Gasteiger partial charge in [-0.1, -0.05) is 20.8 Å². The summed E-state index contributed by atoms with van der Waals surface area (Å²) in [5, 5.41) is 3.00. The van der Waals surface area contributed by atoms with Gasteiger partial charge in [0.05, 0.1) is 0 Å². The van der Waals surface area contributed by atoms with Crippen LogP contribution < -0.4 is 11.1 Å². The van der Waals surface area contributed by atoms with Crippen molar-refractivity contribution >= 4 is 5.91 Å². The minimum Gasteiger partial charge on any atom is -0.368 e. The summed E-state index contributed by atoms with van der Waals surface area (Å²) in [5.74, 6) is 0.373. The molecular weight excluding hydrogens is 216 g/mol. The van der Waals surface area contributed by atoms with Gasteiger partial charge < -0.3 is 15.8 Å². The molecule has 1 amide bonds. The van der Waals surface area contributed by atoms with Crippen LogP contribution in [0.2, 0.25) is 0 Å². The standard InChI is InChI=1S/C13H26N2O2/c1-10-5-8-17-11(10)12(16)15-9-13(2,3)6-4-7-14/h10-11H,4-9,14H2,1-3H3,(H,15,16). The first-order valence-electron chi connectivity index (χ1n) is 6.56. The van der Waals surface area contributed by atoms with E-state index in [9.17, 15) is 4.79 Å². The molecule has 1 aliphatic heterocycles. The van der Waals surface area contributed by atoms with Gasteiger partial charge in [0.15, 0.2) is 0 Å². The van der Waals surface area contributed by atoms with Crippen molar-refractivity contribution in [1.82, 2.24) is 5.32 Å². The number of carbonyl (C=O) groups is 1. The number of carbonyl (C=O) groups excluding carboxylic acids is 1. The lowest BCUT2D eigenvalue weighted by molar-refractivity contribution is -0.131. The number of hydrogen-bond acceptors (Lipinski definition) is 3. The highest BCUT2D eigenvalue weighted by atomic mass is 16.5. The van der Waals surface area contributed by atoms with E-state index in [4.69, 9.17) is 10.5 Å². The molecule has 0 bridgehead atoms. The highest BCUT2D eigenvalue weighted by Crippen LogP contribution is 2.23. The van der Waals surface area contributed by atoms with E-state index < -0.39 is 0 Å². The van der Waals surface area contributed by atoms with Crippen molar-refractivity contribution in [2.24, 2.45) is 17.1 Å². The van der Waals surface area contributed by atoms with Crippen molar-refractivity contribution in [3.8, 4) is 0 Å². The lowest BCUT2D eigenvalue weighted by Gasteiger charge is -2.26. The van der Waals surface area contributed by atoms with Gasteiger partial charge in [-0.2, -0.15) is 0 Å². The average Bonchev–Trinajstić information content (AvgIpc) is 2.70. The third kappa shape index (κ3) is 4.64. The normalized spacial score (nSPS) is 24.9. The van der Waals surface area contributed by atoms with Crippen LogP contribution in [-0.2, 0) is 9.53 Å². The van der Waals surface area contributed by atoms with Crippen LogP contribution in [0, 0.1) is 11.3 Å². The maximum Gasteiger partial charge on any atom is 0.249 e. The van der Waals surface area contributed by atoms with Gasteiger partial charge in [0.1, 0.15) is 6.10 Å². The van der Waals surface area contributed by atoms with E-state index in [0.29, 0.717) is 25.6 Å². The molecule has 17 heavy (non-hydrogen) atoms. The fourth-order valence-corrected chi connectivity index (χ4v) is 2.13. The molecule has 0 aliphatic carbocycles. The van der Waals surface area contributed by atoms with Crippen molar-refractivity contribution < 1.29 is 9.53 Å². The summed E-state index contributed by atoms with van der Waals surface area (Å²) in [4.78, 5) is 11.9. The summed E-state index contributed by atoms with van der Waals surface area (Å²) in [7, 11) is 0. The summed E-state index contributed by atoms with van der Waals surface area (Å²) < 4.78 is 5.44. The molecule has 2 atom stereocenters. The van der Waals surface area contributed by atoms with Crippen molar-refractivity contribution in [3.05, 3.63) is 0 Å². The van der Waals surface area contributed by atoms with Crippen molar-refractivity contribution in [2.75, 3.05) is 19.7 Å². The highest BCUT2D eigenvalue weighted by Gasteiger charge is 2.31. The van der Waals surface area contributed by atoms with Crippen LogP contribution in [0.5, 0.6) is 0 Å². The molecule has 0 aromatic rings. The zero-order valence-corrected chi connectivity index (χ0v) is 11.3. The van der Waals surface area contributed by atoms with Gasteiger partial charge in [0.2, 0.25) is 5.91 Å². The monoisotopic (exact) mass is 242 g/mol. The zero-order chi connectivity index (χ0) is 12.9. The number of ether oxygens (including phenoxy) is 1. The van der Waals surface area contributed by atoms with Gasteiger partial charge in [-0.25, -0.2) is 0 Å². The van der Waals surface area contributed by atoms with Crippen molar-refractivity contribution in [3.63, 3.8) is 0 Å². The Hall–Kier alpha value is -0.610. The molecule has 1 fully saturated rings. The van der Waals surface area contributed by atoms with Crippen LogP contribution in [-0.4, -0.2) is 31.7 Å². The van der Waals surface area contributed by atoms with Gasteiger partial charge in [0.25, 0.3) is 0 Å². The molecule has 2 unspecified atom stereocenters. The van der Waals surface area contributed by atoms with Crippen LogP contribution in [0.15, 0.2) is 0 Å². The molecule has 0 aromatic heterocycles. The Labute approximate surface area is 104 Å². The Balaban J connectivity index is 2.31. The predicted molar refractivity (Wildman–Crippen MR) is 68.6 cm³/mol. The van der Waals surface area contributed by atoms with Crippen molar-refractivity contribution in [1.29, 1.82) is 0 Å². The molecule has 1 rings (SSSR count). The number of amides is 1. The van der Waals surface area contributed by atoms with Gasteiger partial charge in [0, 0.05) is 13.2 Å². The van der Waals surface area contributed by atoms with Gasteiger partial charge in [-0.05, 0) is 37.1 Å². The Kier molecular flexibility index (Phi) is 5.40. The first kappa shape index (κ1) is 14.5. The van der Waals surface area contributed by atoms with Crippen LogP contribution in [0.1, 0.15) is 40.0 Å². The molecule has 1 saturated heterocycles. The van der Waals surface area contributed by atoms with Gasteiger partial charge in [-0.3, -0.25) is 4.79 Å². The molecule has 0 spiro atoms. The largest absolute Gasteiger partial charge is 0.368 e. The van der Waals surface area contributed by atoms with E-state index in [-0.39, 0.29) is 17.4 Å². The maximum absolute atomic E-state index is 11.9. The summed E-state index contributed by atoms with van der Waals surface area (Å²) in [6.07, 6.45) is 2.76. The van der Waals surface area contributed by atoms with Crippen LogP contribution in [0.25, 0.3) is 0 Å². The minimum atomic E-state index is -0.250. The Bertz CT molecular complexity index is 254. The summed E-state index contributed by atoms with van der Waals surface area (Å²) >= 11 is 0. The first-order chi connectivity index (χ1) is 7.96. The van der Waals surface area contributed by atoms with E-state index in [1.165, 1.54) is 0 Å². The van der Waals surface area contributed by atoms with Gasteiger partial charge >= 0.3 is 0 Å². The second kappa shape index (κ2) is 6.36. The number of rotatable bonds is 6. The van der Waals surface area contributed by atoms with Crippen LogP contribution in [0.3, 0.4) is 0 Å². The zero-order valence-electron chi connectivity index (χ0n) is 11.3. The Morgan fingerprint density at radius 3 is 2.76 bits per heavy atom. The van der Waals surface area contributed by atoms with Gasteiger partial charge in [-0.15, -0.1) is 0 Å². The summed E-state index contributed by atoms with van der Waals surface area (Å²) in [6, 6.07) is 0. The molecule has 1 aliphatic rings. The van der Waals surface area contributed by atoms with Crippen LogP contribution >= 0.6 is 0 Å². The third-order valence-corrected chi connectivity index (χ3v) is 3.44. The number of nitrogens with two attached hydrogens (primary N) is 1. The predicted octanol–water partition coefficient (Wildman–Crippen LogP) is 1.29. The smallest absolute Gasteiger partial charge is 0.249 e. The molecule has 100 valence electrons. The van der Waals surface area contributed by atoms with E-state index in [1.807, 2.05) is 0 Å². The Morgan fingerprint density at radius 2 is 2.24 bits per heavy atom. The molecule has 4 nitrogen and oxygen atoms in total. The average molecular weight is 242 g/mol. The molecule has 0 aromatic carbocycles. The number of hydrogen-bond donors (Lipinski definition) is 2. The summed E-state index contributed by atoms with van der Waals surface area (Å²) in [5.41, 5.74) is 5.61. The molecule has 1 heterocycles. The second-order valence-electron chi connectivity index (χ2n) is 5.83. The second-order valence-corrected chi connectivity index (χ2v) is 5.83. The molecule has 0 saturated carbocycles. The molecule has 0 radical (unpaired) electrons. The fraction of sp³-hybridized carbons (Fsp3) is 0.923. The lowest BCUT2D eigenvalue weighted by Crippen LogP contribution is -2.41.